The van der Waals surface area contributed by atoms with E-state index in [1.165, 1.54) is 12.1 Å². The summed E-state index contributed by atoms with van der Waals surface area (Å²) in [5.74, 6) is -4.71. The first kappa shape index (κ1) is 20.8. The van der Waals surface area contributed by atoms with Crippen molar-refractivity contribution in [1.29, 1.82) is 5.26 Å². The molecule has 3 atom stereocenters. The van der Waals surface area contributed by atoms with E-state index in [0.717, 1.165) is 12.1 Å². The molecule has 0 fully saturated rings. The minimum absolute atomic E-state index is 0.128. The van der Waals surface area contributed by atoms with Gasteiger partial charge in [-0.2, -0.15) is 14.0 Å². The van der Waals surface area contributed by atoms with Crippen molar-refractivity contribution in [2.24, 2.45) is 0 Å². The van der Waals surface area contributed by atoms with Crippen LogP contribution in [0.5, 0.6) is 0 Å². The van der Waals surface area contributed by atoms with Crippen LogP contribution in [0, 0.1) is 17.1 Å². The molecule has 2 aliphatic rings. The first-order valence-electron chi connectivity index (χ1n) is 9.39. The Morgan fingerprint density at radius 1 is 1.20 bits per heavy atom. The zero-order valence-electron chi connectivity index (χ0n) is 15.6. The van der Waals surface area contributed by atoms with Crippen LogP contribution in [-0.4, -0.2) is 25.5 Å². The molecule has 1 N–H and O–H groups in total. The largest absolute Gasteiger partial charge is 0.385 e. The molecule has 4 nitrogen and oxygen atoms in total. The maximum absolute atomic E-state index is 14.4. The van der Waals surface area contributed by atoms with Crippen LogP contribution in [-0.2, 0) is 22.7 Å². The summed E-state index contributed by atoms with van der Waals surface area (Å²) in [7, 11) is -5.05. The van der Waals surface area contributed by atoms with Gasteiger partial charge < -0.3 is 5.11 Å². The summed E-state index contributed by atoms with van der Waals surface area (Å²) in [6.45, 7) is 0. The van der Waals surface area contributed by atoms with Crippen molar-refractivity contribution >= 4 is 9.84 Å². The van der Waals surface area contributed by atoms with Crippen LogP contribution in [0.25, 0.3) is 0 Å². The number of benzene rings is 2. The minimum Gasteiger partial charge on any atom is -0.385 e. The van der Waals surface area contributed by atoms with Gasteiger partial charge in [-0.3, -0.25) is 0 Å². The molecule has 0 spiro atoms. The fourth-order valence-electron chi connectivity index (χ4n) is 4.71. The van der Waals surface area contributed by atoms with Gasteiger partial charge in [0.1, 0.15) is 18.1 Å². The van der Waals surface area contributed by atoms with Crippen LogP contribution in [0.1, 0.15) is 58.2 Å². The van der Waals surface area contributed by atoms with Gasteiger partial charge in [0.15, 0.2) is 0 Å². The Balaban J connectivity index is 1.96. The van der Waals surface area contributed by atoms with Gasteiger partial charge in [0, 0.05) is 17.9 Å². The van der Waals surface area contributed by atoms with Gasteiger partial charge in [-0.15, -0.1) is 0 Å². The van der Waals surface area contributed by atoms with Crippen molar-refractivity contribution in [3.8, 4) is 6.07 Å². The van der Waals surface area contributed by atoms with Crippen molar-refractivity contribution in [2.45, 2.75) is 54.5 Å². The van der Waals surface area contributed by atoms with Gasteiger partial charge in [0.25, 0.3) is 0 Å². The van der Waals surface area contributed by atoms with Crippen molar-refractivity contribution in [1.82, 2.24) is 0 Å². The maximum Gasteiger partial charge on any atom is 0.341 e. The van der Waals surface area contributed by atoms with Gasteiger partial charge >= 0.3 is 5.76 Å². The molecule has 2 aromatic rings. The summed E-state index contributed by atoms with van der Waals surface area (Å²) in [6, 6.07) is 6.75. The molecule has 0 amide bonds. The standard InChI is InChI=1S/C21H17F4NO3S/c22-12-6-10-2-1-3-14(18(10)11(7-12)9-26)13-4-5-17(30(28,29)21(24)25)19-15(13)8-16(23)20(19)27/h4-7,14,16,20-21,27H,1-3,8H2/t14-,16-,20-/m1/s1. The van der Waals surface area contributed by atoms with E-state index < -0.39 is 44.5 Å². The summed E-state index contributed by atoms with van der Waals surface area (Å²) in [5, 5.41) is 19.7. The number of aryl methyl sites for hydroxylation is 1. The number of fused-ring (bicyclic) bond motifs is 2. The molecular weight excluding hydrogens is 422 g/mol. The quantitative estimate of drug-likeness (QED) is 0.731. The SMILES string of the molecule is N#Cc1cc(F)cc2c1[C@@H](c1ccc(S(=O)(=O)C(F)F)c3c1C[C@@H](F)[C@H]3O)CCC2. The Kier molecular flexibility index (Phi) is 5.11. The zero-order valence-corrected chi connectivity index (χ0v) is 16.4. The van der Waals surface area contributed by atoms with Crippen LogP contribution in [0.4, 0.5) is 17.6 Å². The van der Waals surface area contributed by atoms with Crippen molar-refractivity contribution in [3.05, 3.63) is 63.5 Å². The van der Waals surface area contributed by atoms with E-state index >= 15 is 0 Å². The first-order chi connectivity index (χ1) is 14.2. The van der Waals surface area contributed by atoms with E-state index in [2.05, 4.69) is 0 Å². The minimum atomic E-state index is -5.05. The third-order valence-corrected chi connectivity index (χ3v) is 7.38. The maximum atomic E-state index is 14.4. The number of aliphatic hydroxyl groups excluding tert-OH is 1. The molecule has 2 aliphatic carbocycles. The summed E-state index contributed by atoms with van der Waals surface area (Å²) >= 11 is 0. The number of rotatable bonds is 3. The second-order valence-electron chi connectivity index (χ2n) is 7.60. The highest BCUT2D eigenvalue weighted by molar-refractivity contribution is 7.91. The number of aliphatic hydroxyl groups is 1. The molecule has 158 valence electrons. The number of hydrogen-bond acceptors (Lipinski definition) is 4. The Morgan fingerprint density at radius 2 is 1.93 bits per heavy atom. The number of alkyl halides is 3. The highest BCUT2D eigenvalue weighted by atomic mass is 32.2. The molecule has 30 heavy (non-hydrogen) atoms. The van der Waals surface area contributed by atoms with E-state index in [-0.39, 0.29) is 23.1 Å². The van der Waals surface area contributed by atoms with Crippen molar-refractivity contribution in [3.63, 3.8) is 0 Å². The predicted molar refractivity (Wildman–Crippen MR) is 99.1 cm³/mol. The number of halogens is 4. The second-order valence-corrected chi connectivity index (χ2v) is 9.48. The molecule has 0 aliphatic heterocycles. The monoisotopic (exact) mass is 439 g/mol. The Hall–Kier alpha value is -2.44. The Bertz CT molecular complexity index is 1170. The van der Waals surface area contributed by atoms with E-state index in [4.69, 9.17) is 0 Å². The molecule has 0 saturated carbocycles. The lowest BCUT2D eigenvalue weighted by Gasteiger charge is -2.29. The van der Waals surface area contributed by atoms with Gasteiger partial charge in [-0.25, -0.2) is 17.2 Å². The molecule has 0 bridgehead atoms. The summed E-state index contributed by atoms with van der Waals surface area (Å²) in [4.78, 5) is -0.778. The van der Waals surface area contributed by atoms with Gasteiger partial charge in [0.2, 0.25) is 9.84 Å². The molecular formula is C21H17F4NO3S. The van der Waals surface area contributed by atoms with Crippen molar-refractivity contribution < 1.29 is 31.1 Å². The molecule has 0 saturated heterocycles. The first-order valence-corrected chi connectivity index (χ1v) is 10.9. The summed E-state index contributed by atoms with van der Waals surface area (Å²) in [5.41, 5.74) is 1.64. The zero-order chi connectivity index (χ0) is 21.8. The lowest BCUT2D eigenvalue weighted by atomic mass is 9.75. The fourth-order valence-corrected chi connectivity index (χ4v) is 5.71. The molecule has 0 radical (unpaired) electrons. The molecule has 2 aromatic carbocycles. The van der Waals surface area contributed by atoms with Gasteiger partial charge in [-0.05, 0) is 59.7 Å². The van der Waals surface area contributed by atoms with E-state index in [9.17, 15) is 36.3 Å². The van der Waals surface area contributed by atoms with Crippen LogP contribution in [0.2, 0.25) is 0 Å². The predicted octanol–water partition coefficient (Wildman–Crippen LogP) is 4.09. The van der Waals surface area contributed by atoms with E-state index in [1.54, 1.807) is 0 Å². The smallest absolute Gasteiger partial charge is 0.341 e. The number of nitrogens with zero attached hydrogens (tertiary/aromatic N) is 1. The molecule has 9 heteroatoms. The highest BCUT2D eigenvalue weighted by Crippen LogP contribution is 2.47. The second kappa shape index (κ2) is 7.36. The van der Waals surface area contributed by atoms with Gasteiger partial charge in [0.05, 0.1) is 16.5 Å². The third kappa shape index (κ3) is 3.10. The number of hydrogen-bond donors (Lipinski definition) is 1. The normalized spacial score (nSPS) is 23.2. The van der Waals surface area contributed by atoms with Crippen molar-refractivity contribution in [2.75, 3.05) is 0 Å². The molecule has 0 aromatic heterocycles. The summed E-state index contributed by atoms with van der Waals surface area (Å²) in [6.07, 6.45) is -2.26. The fraction of sp³-hybridized carbons (Fsp3) is 0.381. The van der Waals surface area contributed by atoms with Crippen LogP contribution < -0.4 is 0 Å². The van der Waals surface area contributed by atoms with E-state index in [1.807, 2.05) is 6.07 Å². The third-order valence-electron chi connectivity index (χ3n) is 5.95. The molecule has 4 rings (SSSR count). The Morgan fingerprint density at radius 3 is 2.60 bits per heavy atom. The lowest BCUT2D eigenvalue weighted by molar-refractivity contribution is 0.0906. The topological polar surface area (TPSA) is 78.2 Å². The van der Waals surface area contributed by atoms with Crippen LogP contribution >= 0.6 is 0 Å². The van der Waals surface area contributed by atoms with Crippen LogP contribution in [0.15, 0.2) is 29.2 Å². The average molecular weight is 439 g/mol. The van der Waals surface area contributed by atoms with Gasteiger partial charge in [-0.1, -0.05) is 6.07 Å². The van der Waals surface area contributed by atoms with E-state index in [0.29, 0.717) is 36.0 Å². The summed E-state index contributed by atoms with van der Waals surface area (Å²) < 4.78 is 78.8. The number of nitriles is 1. The molecule has 0 heterocycles. The Labute approximate surface area is 170 Å². The average Bonchev–Trinajstić information content (AvgIpc) is 3.00. The molecule has 0 unspecified atom stereocenters. The highest BCUT2D eigenvalue weighted by Gasteiger charge is 2.42. The number of sulfone groups is 1. The lowest BCUT2D eigenvalue weighted by Crippen LogP contribution is -2.18. The van der Waals surface area contributed by atoms with Crippen LogP contribution in [0.3, 0.4) is 0 Å².